The number of aliphatic hydroxyl groups is 1. The average molecular weight is 1040 g/mol. The van der Waals surface area contributed by atoms with E-state index in [1.54, 1.807) is 29.2 Å². The molecule has 1 aliphatic rings. The number of rotatable bonds is 28. The van der Waals surface area contributed by atoms with E-state index < -0.39 is 85.2 Å². The standard InChI is InChI=1S/C46H63N12O14P/c1-28(2)22-34(51-46(65)37-12-11-20-56(37)30(4)60)43(62)50-35(44(63)52-36(26-59)45(64)54-40(42(47)61)29(3)72-73(68,69)70)23-33-24-48-27-55(33)18-8-5-6-10-21-71-49-25-38-41(53-39-13-7-9-19-57(38)39)31-14-16-32(17-15-31)58(66)67/h7,9,13-17,19,24-25,27-29,34-37,40,59H,5-6,8,10-12,18,20-23,26H2,1-4H3,(H2,47,61)(H,50,62)(H,51,65)(H,52,63)(H,54,64)(H2,68,69,70)/b49-25+/t29-,34+,35+,36+,37+,40+/m1/s1. The molecule has 6 amide bonds. The lowest BCUT2D eigenvalue weighted by molar-refractivity contribution is -0.384. The van der Waals surface area contributed by atoms with Crippen molar-refractivity contribution in [3.05, 3.63) is 82.7 Å². The number of nitrogens with zero attached hydrogens (tertiary/aromatic N) is 7. The van der Waals surface area contributed by atoms with Crippen molar-refractivity contribution in [2.24, 2.45) is 16.8 Å². The van der Waals surface area contributed by atoms with Crippen LogP contribution in [-0.4, -0.2) is 141 Å². The van der Waals surface area contributed by atoms with E-state index in [1.165, 1.54) is 30.2 Å². The number of oxime groups is 1. The number of aryl methyl sites for hydroxylation is 1. The molecule has 4 aromatic rings. The summed E-state index contributed by atoms with van der Waals surface area (Å²) in [6.07, 6.45) is 8.53. The summed E-state index contributed by atoms with van der Waals surface area (Å²) in [4.78, 5) is 125. The number of aliphatic hydroxyl groups excluding tert-OH is 1. The van der Waals surface area contributed by atoms with Gasteiger partial charge in [-0.1, -0.05) is 31.5 Å². The van der Waals surface area contributed by atoms with Crippen LogP contribution in [-0.2, 0) is 55.7 Å². The quantitative estimate of drug-likeness (QED) is 0.0130. The number of aromatic nitrogens is 4. The van der Waals surface area contributed by atoms with Gasteiger partial charge in [0.15, 0.2) is 0 Å². The van der Waals surface area contributed by atoms with E-state index >= 15 is 0 Å². The number of phosphoric ester groups is 1. The van der Waals surface area contributed by atoms with Crippen molar-refractivity contribution < 1.29 is 62.5 Å². The molecule has 5 rings (SSSR count). The van der Waals surface area contributed by atoms with Gasteiger partial charge in [0.25, 0.3) is 5.69 Å². The molecule has 0 spiro atoms. The highest BCUT2D eigenvalue weighted by molar-refractivity contribution is 7.46. The first-order chi connectivity index (χ1) is 34.7. The van der Waals surface area contributed by atoms with Gasteiger partial charge < -0.3 is 56.2 Å². The number of nitrogens with two attached hydrogens (primary N) is 1. The first kappa shape index (κ1) is 56.8. The summed E-state index contributed by atoms with van der Waals surface area (Å²) in [6.45, 7) is 6.18. The number of hydrogen-bond acceptors (Lipinski definition) is 15. The summed E-state index contributed by atoms with van der Waals surface area (Å²) < 4.78 is 19.6. The lowest BCUT2D eigenvalue weighted by atomic mass is 10.0. The van der Waals surface area contributed by atoms with Gasteiger partial charge in [-0.2, -0.15) is 0 Å². The molecule has 9 N–H and O–H groups in total. The van der Waals surface area contributed by atoms with Gasteiger partial charge in [-0.3, -0.25) is 47.8 Å². The Morgan fingerprint density at radius 2 is 1.64 bits per heavy atom. The maximum Gasteiger partial charge on any atom is 0.469 e. The zero-order chi connectivity index (χ0) is 53.4. The van der Waals surface area contributed by atoms with Gasteiger partial charge in [0, 0.05) is 62.2 Å². The minimum absolute atomic E-state index is 0.0431. The highest BCUT2D eigenvalue weighted by atomic mass is 31.2. The number of imidazole rings is 2. The molecule has 396 valence electrons. The third-order valence-corrected chi connectivity index (χ3v) is 12.5. The summed E-state index contributed by atoms with van der Waals surface area (Å²) in [7, 11) is -5.15. The molecule has 1 aromatic carbocycles. The molecule has 1 saturated heterocycles. The fourth-order valence-corrected chi connectivity index (χ4v) is 8.80. The molecular weight excluding hydrogens is 976 g/mol. The SMILES string of the molecule is CC(=O)N1CCC[C@H]1C(=O)N[C@@H](CC(C)C)C(=O)N[C@@H](Cc1cncn1CCCCCCO/N=C/c1c(-c2ccc([N+](=O)[O-])cc2)nc2ccccn12)C(=O)N[C@@H](CO)C(=O)N[C@H](C(N)=O)[C@@H](C)OP(=O)(O)O. The summed E-state index contributed by atoms with van der Waals surface area (Å²) >= 11 is 0. The first-order valence-corrected chi connectivity index (χ1v) is 25.2. The van der Waals surface area contributed by atoms with Crippen LogP contribution in [0, 0.1) is 16.0 Å². The van der Waals surface area contributed by atoms with E-state index in [0.29, 0.717) is 73.7 Å². The predicted octanol–water partition coefficient (Wildman–Crippen LogP) is 1.23. The van der Waals surface area contributed by atoms with Crippen LogP contribution >= 0.6 is 7.82 Å². The van der Waals surface area contributed by atoms with Crippen LogP contribution in [0.4, 0.5) is 5.69 Å². The molecule has 0 aliphatic carbocycles. The normalized spacial score (nSPS) is 15.9. The number of carbonyl (C=O) groups is 6. The van der Waals surface area contributed by atoms with Gasteiger partial charge >= 0.3 is 7.82 Å². The average Bonchev–Trinajstić information content (AvgIpc) is 4.10. The van der Waals surface area contributed by atoms with Gasteiger partial charge in [0.2, 0.25) is 35.4 Å². The maximum atomic E-state index is 14.1. The smallest absolute Gasteiger partial charge is 0.396 e. The number of likely N-dealkylation sites (tertiary alicyclic amines) is 1. The van der Waals surface area contributed by atoms with Gasteiger partial charge in [-0.15, -0.1) is 0 Å². The Morgan fingerprint density at radius 3 is 2.30 bits per heavy atom. The molecule has 3 aromatic heterocycles. The molecule has 0 bridgehead atoms. The maximum absolute atomic E-state index is 14.1. The number of fused-ring (bicyclic) bond motifs is 1. The van der Waals surface area contributed by atoms with Gasteiger partial charge in [0.1, 0.15) is 42.5 Å². The van der Waals surface area contributed by atoms with Crippen LogP contribution in [0.2, 0.25) is 0 Å². The highest BCUT2D eigenvalue weighted by Crippen LogP contribution is 2.38. The number of phosphoric acid groups is 1. The Hall–Kier alpha value is -7.12. The number of primary amides is 1. The van der Waals surface area contributed by atoms with Gasteiger partial charge in [-0.25, -0.2) is 14.5 Å². The largest absolute Gasteiger partial charge is 0.469 e. The number of benzene rings is 1. The molecular formula is C46H63N12O14P. The van der Waals surface area contributed by atoms with E-state index in [4.69, 9.17) is 10.6 Å². The molecule has 0 unspecified atom stereocenters. The monoisotopic (exact) mass is 1040 g/mol. The number of non-ortho nitro benzene ring substituents is 1. The van der Waals surface area contributed by atoms with E-state index in [-0.39, 0.29) is 30.4 Å². The topological polar surface area (TPSA) is 367 Å². The second-order valence-corrected chi connectivity index (χ2v) is 19.1. The Kier molecular flexibility index (Phi) is 20.6. The van der Waals surface area contributed by atoms with Crippen LogP contribution in [0.25, 0.3) is 16.9 Å². The van der Waals surface area contributed by atoms with Gasteiger partial charge in [0.05, 0.1) is 41.6 Å². The van der Waals surface area contributed by atoms with Crippen LogP contribution in [0.5, 0.6) is 0 Å². The molecule has 1 fully saturated rings. The Balaban J connectivity index is 1.23. The van der Waals surface area contributed by atoms with Gasteiger partial charge in [-0.05, 0) is 75.6 Å². The third kappa shape index (κ3) is 16.4. The predicted molar refractivity (Wildman–Crippen MR) is 262 cm³/mol. The number of pyridine rings is 1. The van der Waals surface area contributed by atoms with Crippen LogP contribution in [0.15, 0.2) is 66.3 Å². The molecule has 0 saturated carbocycles. The molecule has 1 aliphatic heterocycles. The Labute approximate surface area is 419 Å². The number of nitrogens with one attached hydrogen (secondary N) is 4. The summed E-state index contributed by atoms with van der Waals surface area (Å²) in [5.74, 6) is -5.09. The van der Waals surface area contributed by atoms with Crippen molar-refractivity contribution in [1.29, 1.82) is 0 Å². The van der Waals surface area contributed by atoms with Crippen molar-refractivity contribution in [1.82, 2.24) is 45.1 Å². The van der Waals surface area contributed by atoms with E-state index in [2.05, 4.69) is 40.9 Å². The molecule has 6 atom stereocenters. The third-order valence-electron chi connectivity index (χ3n) is 11.9. The summed E-state index contributed by atoms with van der Waals surface area (Å²) in [5, 5.41) is 35.5. The minimum Gasteiger partial charge on any atom is -0.396 e. The molecule has 27 heteroatoms. The summed E-state index contributed by atoms with van der Waals surface area (Å²) in [6, 6.07) is 4.58. The number of unbranched alkanes of at least 4 members (excludes halogenated alkanes) is 3. The fourth-order valence-electron chi connectivity index (χ4n) is 8.25. The zero-order valence-electron chi connectivity index (χ0n) is 40.9. The molecule has 73 heavy (non-hydrogen) atoms. The number of carbonyl (C=O) groups excluding carboxylic acids is 6. The van der Waals surface area contributed by atoms with Crippen molar-refractivity contribution in [2.75, 3.05) is 19.8 Å². The first-order valence-electron chi connectivity index (χ1n) is 23.7. The van der Waals surface area contributed by atoms with Crippen LogP contribution in [0.3, 0.4) is 0 Å². The van der Waals surface area contributed by atoms with Crippen molar-refractivity contribution in [3.63, 3.8) is 0 Å². The number of amides is 6. The van der Waals surface area contributed by atoms with Crippen LogP contribution in [0.1, 0.15) is 84.0 Å². The second-order valence-electron chi connectivity index (χ2n) is 17.9. The fraction of sp³-hybridized carbons (Fsp3) is 0.500. The summed E-state index contributed by atoms with van der Waals surface area (Å²) in [5.41, 5.74) is 8.33. The Bertz CT molecular complexity index is 2650. The molecule has 0 radical (unpaired) electrons. The van der Waals surface area contributed by atoms with Crippen molar-refractivity contribution in [3.8, 4) is 11.3 Å². The number of nitro groups is 1. The minimum atomic E-state index is -5.15. The van der Waals surface area contributed by atoms with Crippen molar-refractivity contribution >= 4 is 60.8 Å². The van der Waals surface area contributed by atoms with E-state index in [9.17, 15) is 58.3 Å². The molecule has 4 heterocycles. The highest BCUT2D eigenvalue weighted by Gasteiger charge is 2.37. The van der Waals surface area contributed by atoms with Crippen LogP contribution < -0.4 is 27.0 Å². The zero-order valence-corrected chi connectivity index (χ0v) is 41.8. The lowest BCUT2D eigenvalue weighted by Gasteiger charge is -2.28. The lowest BCUT2D eigenvalue weighted by Crippen LogP contribution is -2.61. The number of hydrogen-bond donors (Lipinski definition) is 8. The van der Waals surface area contributed by atoms with Crippen molar-refractivity contribution in [2.45, 2.75) is 122 Å². The molecule has 26 nitrogen and oxygen atoms in total. The Morgan fingerprint density at radius 1 is 0.959 bits per heavy atom. The second kappa shape index (κ2) is 26.5. The van der Waals surface area contributed by atoms with E-state index in [0.717, 1.165) is 19.8 Å². The van der Waals surface area contributed by atoms with E-state index in [1.807, 2.05) is 42.6 Å². The number of nitro benzene ring substituents is 1.